The molecule has 0 unspecified atom stereocenters. The number of guanidine groups is 1. The molecule has 0 spiro atoms. The van der Waals surface area contributed by atoms with Crippen molar-refractivity contribution in [2.24, 2.45) is 10.9 Å². The van der Waals surface area contributed by atoms with Crippen molar-refractivity contribution in [3.8, 4) is 0 Å². The van der Waals surface area contributed by atoms with Crippen LogP contribution in [-0.4, -0.2) is 36.3 Å². The van der Waals surface area contributed by atoms with Crippen LogP contribution in [0.25, 0.3) is 0 Å². The number of nitrogens with one attached hydrogen (secondary N) is 2. The van der Waals surface area contributed by atoms with E-state index >= 15 is 0 Å². The van der Waals surface area contributed by atoms with Gasteiger partial charge >= 0.3 is 0 Å². The first-order chi connectivity index (χ1) is 7.72. The summed E-state index contributed by atoms with van der Waals surface area (Å²) in [5.41, 5.74) is -0.515. The molecule has 4 heteroatoms. The number of aliphatic imine (C=N–C) groups is 1. The molecule has 0 aromatic heterocycles. The van der Waals surface area contributed by atoms with E-state index in [0.717, 1.165) is 50.7 Å². The van der Waals surface area contributed by atoms with Crippen LogP contribution in [0, 0.1) is 5.92 Å². The smallest absolute Gasteiger partial charge is 0.191 e. The van der Waals surface area contributed by atoms with Gasteiger partial charge in [-0.3, -0.25) is 4.99 Å². The van der Waals surface area contributed by atoms with Crippen LogP contribution in [0.2, 0.25) is 0 Å². The highest BCUT2D eigenvalue weighted by Crippen LogP contribution is 2.33. The van der Waals surface area contributed by atoms with E-state index in [1.165, 1.54) is 6.42 Å². The molecule has 16 heavy (non-hydrogen) atoms. The second kappa shape index (κ2) is 5.04. The molecule has 0 amide bonds. The lowest BCUT2D eigenvalue weighted by molar-refractivity contribution is -0.00518. The molecular formula is C12H23N3O. The van der Waals surface area contributed by atoms with Crippen LogP contribution in [0.1, 0.15) is 39.0 Å². The zero-order chi connectivity index (χ0) is 11.4. The van der Waals surface area contributed by atoms with Crippen molar-refractivity contribution in [1.82, 2.24) is 10.6 Å². The fraction of sp³-hybridized carbons (Fsp3) is 0.917. The molecule has 4 nitrogen and oxygen atoms in total. The van der Waals surface area contributed by atoms with E-state index in [4.69, 9.17) is 0 Å². The van der Waals surface area contributed by atoms with E-state index in [-0.39, 0.29) is 0 Å². The number of nitrogens with zero attached hydrogens (tertiary/aromatic N) is 1. The van der Waals surface area contributed by atoms with Crippen molar-refractivity contribution >= 4 is 5.96 Å². The number of rotatable bonds is 3. The predicted molar refractivity (Wildman–Crippen MR) is 65.5 cm³/mol. The molecular weight excluding hydrogens is 202 g/mol. The molecule has 1 aliphatic carbocycles. The van der Waals surface area contributed by atoms with Crippen LogP contribution < -0.4 is 10.6 Å². The third-order valence-electron chi connectivity index (χ3n) is 3.87. The van der Waals surface area contributed by atoms with E-state index in [2.05, 4.69) is 22.5 Å². The van der Waals surface area contributed by atoms with Crippen LogP contribution in [0.4, 0.5) is 0 Å². The molecule has 0 bridgehead atoms. The molecule has 0 aromatic rings. The molecule has 0 atom stereocenters. The molecule has 92 valence electrons. The van der Waals surface area contributed by atoms with Gasteiger partial charge in [-0.05, 0) is 31.6 Å². The van der Waals surface area contributed by atoms with Crippen LogP contribution in [0.3, 0.4) is 0 Å². The minimum atomic E-state index is -0.515. The summed E-state index contributed by atoms with van der Waals surface area (Å²) in [6, 6.07) is 0. The van der Waals surface area contributed by atoms with Gasteiger partial charge in [-0.25, -0.2) is 0 Å². The van der Waals surface area contributed by atoms with Crippen LogP contribution >= 0.6 is 0 Å². The monoisotopic (exact) mass is 225 g/mol. The van der Waals surface area contributed by atoms with E-state index in [0.29, 0.717) is 6.54 Å². The molecule has 0 aromatic carbocycles. The Morgan fingerprint density at radius 3 is 2.81 bits per heavy atom. The highest BCUT2D eigenvalue weighted by Gasteiger charge is 2.32. The average Bonchev–Trinajstić information content (AvgIpc) is 2.81. The zero-order valence-corrected chi connectivity index (χ0v) is 10.1. The van der Waals surface area contributed by atoms with Crippen molar-refractivity contribution in [3.05, 3.63) is 0 Å². The molecule has 1 heterocycles. The maximum atomic E-state index is 10.4. The molecule has 2 aliphatic rings. The second-order valence-corrected chi connectivity index (χ2v) is 5.09. The fourth-order valence-corrected chi connectivity index (χ4v) is 2.56. The number of hydrogen-bond donors (Lipinski definition) is 3. The quantitative estimate of drug-likeness (QED) is 0.668. The maximum Gasteiger partial charge on any atom is 0.191 e. The van der Waals surface area contributed by atoms with Crippen LogP contribution in [0.15, 0.2) is 4.99 Å². The summed E-state index contributed by atoms with van der Waals surface area (Å²) in [7, 11) is 0. The maximum absolute atomic E-state index is 10.4. The standard InChI is InChI=1S/C12H23N3O/c1-2-10-3-5-12(16,6-4-10)9-15-11-13-7-8-14-11/h10,16H,2-9H2,1H3,(H2,13,14,15). The number of aliphatic hydroxyl groups is 1. The van der Waals surface area contributed by atoms with Gasteiger partial charge in [0.25, 0.3) is 0 Å². The first kappa shape index (κ1) is 11.7. The molecule has 0 saturated heterocycles. The average molecular weight is 225 g/mol. The summed E-state index contributed by atoms with van der Waals surface area (Å²) in [5, 5.41) is 16.8. The third-order valence-corrected chi connectivity index (χ3v) is 3.87. The van der Waals surface area contributed by atoms with Gasteiger partial charge in [0.05, 0.1) is 12.1 Å². The lowest BCUT2D eigenvalue weighted by Gasteiger charge is -2.36. The first-order valence-corrected chi connectivity index (χ1v) is 6.46. The Labute approximate surface area is 97.5 Å². The van der Waals surface area contributed by atoms with Crippen molar-refractivity contribution in [2.45, 2.75) is 44.6 Å². The summed E-state index contributed by atoms with van der Waals surface area (Å²) in [4.78, 5) is 4.27. The Bertz CT molecular complexity index is 257. The van der Waals surface area contributed by atoms with E-state index < -0.39 is 5.60 Å². The van der Waals surface area contributed by atoms with Crippen LogP contribution in [-0.2, 0) is 0 Å². The van der Waals surface area contributed by atoms with E-state index in [9.17, 15) is 5.11 Å². The predicted octanol–water partition coefficient (Wildman–Crippen LogP) is 0.866. The Morgan fingerprint density at radius 1 is 1.50 bits per heavy atom. The Kier molecular flexibility index (Phi) is 3.69. The van der Waals surface area contributed by atoms with Gasteiger partial charge in [-0.1, -0.05) is 13.3 Å². The minimum Gasteiger partial charge on any atom is -0.388 e. The van der Waals surface area contributed by atoms with Gasteiger partial charge in [0.15, 0.2) is 5.96 Å². The van der Waals surface area contributed by atoms with Crippen molar-refractivity contribution < 1.29 is 5.11 Å². The molecule has 1 aliphatic heterocycles. The van der Waals surface area contributed by atoms with Gasteiger partial charge in [-0.2, -0.15) is 0 Å². The van der Waals surface area contributed by atoms with Crippen LogP contribution in [0.5, 0.6) is 0 Å². The summed E-state index contributed by atoms with van der Waals surface area (Å²) < 4.78 is 0. The van der Waals surface area contributed by atoms with E-state index in [1.54, 1.807) is 0 Å². The third kappa shape index (κ3) is 2.88. The van der Waals surface area contributed by atoms with Crippen molar-refractivity contribution in [1.29, 1.82) is 0 Å². The largest absolute Gasteiger partial charge is 0.388 e. The summed E-state index contributed by atoms with van der Waals surface area (Å²) in [5.74, 6) is 1.67. The Balaban J connectivity index is 1.75. The van der Waals surface area contributed by atoms with Gasteiger partial charge in [0.1, 0.15) is 0 Å². The second-order valence-electron chi connectivity index (χ2n) is 5.09. The van der Waals surface area contributed by atoms with Crippen molar-refractivity contribution in [2.75, 3.05) is 19.6 Å². The highest BCUT2D eigenvalue weighted by atomic mass is 16.3. The first-order valence-electron chi connectivity index (χ1n) is 6.46. The summed E-state index contributed by atoms with van der Waals surface area (Å²) in [6.45, 7) is 4.64. The Hall–Kier alpha value is -0.770. The molecule has 1 saturated carbocycles. The van der Waals surface area contributed by atoms with Gasteiger partial charge in [0.2, 0.25) is 0 Å². The van der Waals surface area contributed by atoms with Gasteiger partial charge < -0.3 is 15.7 Å². The topological polar surface area (TPSA) is 56.6 Å². The SMILES string of the molecule is CCC1CCC(O)(CNC2=NCCN2)CC1. The molecule has 0 radical (unpaired) electrons. The molecule has 3 N–H and O–H groups in total. The zero-order valence-electron chi connectivity index (χ0n) is 10.1. The number of hydrogen-bond acceptors (Lipinski definition) is 4. The van der Waals surface area contributed by atoms with Gasteiger partial charge in [-0.15, -0.1) is 0 Å². The van der Waals surface area contributed by atoms with Crippen molar-refractivity contribution in [3.63, 3.8) is 0 Å². The summed E-state index contributed by atoms with van der Waals surface area (Å²) >= 11 is 0. The summed E-state index contributed by atoms with van der Waals surface area (Å²) in [6.07, 6.45) is 5.42. The lowest BCUT2D eigenvalue weighted by Crippen LogP contribution is -2.47. The normalized spacial score (nSPS) is 34.4. The fourth-order valence-electron chi connectivity index (χ4n) is 2.56. The van der Waals surface area contributed by atoms with Gasteiger partial charge in [0, 0.05) is 13.1 Å². The van der Waals surface area contributed by atoms with E-state index in [1.807, 2.05) is 0 Å². The highest BCUT2D eigenvalue weighted by molar-refractivity contribution is 5.81. The lowest BCUT2D eigenvalue weighted by atomic mass is 9.78. The molecule has 2 rings (SSSR count). The minimum absolute atomic E-state index is 0.515. The molecule has 1 fully saturated rings. The Morgan fingerprint density at radius 2 is 2.25 bits per heavy atom.